The first kappa shape index (κ1) is 9.66. The van der Waals surface area contributed by atoms with Crippen LogP contribution in [0, 0.1) is 11.9 Å². The Morgan fingerprint density at radius 2 is 2.00 bits per heavy atom. The molecule has 1 fully saturated rings. The molecule has 14 heavy (non-hydrogen) atoms. The maximum atomic E-state index is 12.9. The largest absolute Gasteiger partial charge is 0.393 e. The molecule has 0 aromatic heterocycles. The monoisotopic (exact) mass is 193 g/mol. The fourth-order valence-electron chi connectivity index (χ4n) is 2.08. The number of halogens is 1. The lowest BCUT2D eigenvalue weighted by Crippen LogP contribution is -2.17. The molecular formula is C12H14FO. The SMILES string of the molecule is O[C@H]1CC[C@H](c2[c]ccc(F)c2)CC1. The van der Waals surface area contributed by atoms with E-state index in [2.05, 4.69) is 6.07 Å². The molecule has 1 aromatic carbocycles. The predicted molar refractivity (Wildman–Crippen MR) is 52.5 cm³/mol. The molecule has 0 spiro atoms. The van der Waals surface area contributed by atoms with Crippen molar-refractivity contribution in [3.63, 3.8) is 0 Å². The second kappa shape index (κ2) is 4.09. The molecule has 0 amide bonds. The smallest absolute Gasteiger partial charge is 0.123 e. The lowest BCUT2D eigenvalue weighted by Gasteiger charge is -2.25. The Hall–Kier alpha value is -0.890. The summed E-state index contributed by atoms with van der Waals surface area (Å²) in [5.41, 5.74) is 0.955. The Kier molecular flexibility index (Phi) is 2.82. The van der Waals surface area contributed by atoms with E-state index < -0.39 is 0 Å². The van der Waals surface area contributed by atoms with Crippen molar-refractivity contribution in [2.75, 3.05) is 0 Å². The van der Waals surface area contributed by atoms with Gasteiger partial charge in [-0.25, -0.2) is 4.39 Å². The Morgan fingerprint density at radius 3 is 2.64 bits per heavy atom. The van der Waals surface area contributed by atoms with Crippen LogP contribution in [0.4, 0.5) is 4.39 Å². The van der Waals surface area contributed by atoms with Gasteiger partial charge < -0.3 is 5.11 Å². The number of aliphatic hydroxyl groups excluding tert-OH is 1. The van der Waals surface area contributed by atoms with Crippen LogP contribution < -0.4 is 0 Å². The van der Waals surface area contributed by atoms with E-state index in [4.69, 9.17) is 0 Å². The van der Waals surface area contributed by atoms with E-state index in [-0.39, 0.29) is 11.9 Å². The van der Waals surface area contributed by atoms with Crippen LogP contribution in [0.15, 0.2) is 18.2 Å². The Labute approximate surface area is 83.6 Å². The fourth-order valence-corrected chi connectivity index (χ4v) is 2.08. The molecule has 1 N–H and O–H groups in total. The maximum absolute atomic E-state index is 12.9. The van der Waals surface area contributed by atoms with Crippen molar-refractivity contribution in [1.29, 1.82) is 0 Å². The van der Waals surface area contributed by atoms with Crippen molar-refractivity contribution in [3.05, 3.63) is 35.6 Å². The second-order valence-electron chi connectivity index (χ2n) is 3.97. The molecule has 0 unspecified atom stereocenters. The molecule has 2 rings (SSSR count). The summed E-state index contributed by atoms with van der Waals surface area (Å²) in [4.78, 5) is 0. The van der Waals surface area contributed by atoms with Crippen molar-refractivity contribution >= 4 is 0 Å². The van der Waals surface area contributed by atoms with Crippen LogP contribution >= 0.6 is 0 Å². The zero-order valence-corrected chi connectivity index (χ0v) is 8.04. The van der Waals surface area contributed by atoms with E-state index in [1.165, 1.54) is 6.07 Å². The van der Waals surface area contributed by atoms with Crippen LogP contribution in [0.1, 0.15) is 37.2 Å². The summed E-state index contributed by atoms with van der Waals surface area (Å²) in [5.74, 6) is 0.193. The molecule has 1 nitrogen and oxygen atoms in total. The topological polar surface area (TPSA) is 20.2 Å². The molecule has 1 aliphatic rings. The van der Waals surface area contributed by atoms with Gasteiger partial charge in [0.05, 0.1) is 6.10 Å². The van der Waals surface area contributed by atoms with Crippen LogP contribution in [0.3, 0.4) is 0 Å². The predicted octanol–water partition coefficient (Wildman–Crippen LogP) is 2.64. The molecular weight excluding hydrogens is 179 g/mol. The molecule has 0 aliphatic heterocycles. The minimum Gasteiger partial charge on any atom is -0.393 e. The van der Waals surface area contributed by atoms with Gasteiger partial charge in [-0.3, -0.25) is 0 Å². The molecule has 0 saturated heterocycles. The standard InChI is InChI=1S/C12H14FO/c13-11-3-1-2-10(8-11)9-4-6-12(14)7-5-9/h1,3,8-9,12,14H,4-7H2/t9-,12-. The van der Waals surface area contributed by atoms with Crippen molar-refractivity contribution < 1.29 is 9.50 Å². The summed E-state index contributed by atoms with van der Waals surface area (Å²) in [6, 6.07) is 7.68. The van der Waals surface area contributed by atoms with Gasteiger partial charge in [-0.1, -0.05) is 6.07 Å². The fraction of sp³-hybridized carbons (Fsp3) is 0.500. The molecule has 1 radical (unpaired) electrons. The number of hydrogen-bond acceptors (Lipinski definition) is 1. The highest BCUT2D eigenvalue weighted by atomic mass is 19.1. The summed E-state index contributed by atoms with van der Waals surface area (Å²) in [5, 5.41) is 9.34. The molecule has 0 heterocycles. The first-order valence-corrected chi connectivity index (χ1v) is 5.11. The van der Waals surface area contributed by atoms with Crippen LogP contribution in [-0.4, -0.2) is 11.2 Å². The van der Waals surface area contributed by atoms with Gasteiger partial charge in [-0.05, 0) is 55.4 Å². The van der Waals surface area contributed by atoms with Crippen molar-refractivity contribution in [2.24, 2.45) is 0 Å². The van der Waals surface area contributed by atoms with Gasteiger partial charge in [-0.15, -0.1) is 0 Å². The number of hydrogen-bond donors (Lipinski definition) is 1. The third kappa shape index (κ3) is 2.13. The van der Waals surface area contributed by atoms with E-state index in [1.54, 1.807) is 12.1 Å². The number of aliphatic hydroxyl groups is 1. The number of rotatable bonds is 1. The van der Waals surface area contributed by atoms with E-state index >= 15 is 0 Å². The van der Waals surface area contributed by atoms with Crippen LogP contribution in [0.25, 0.3) is 0 Å². The van der Waals surface area contributed by atoms with E-state index in [0.717, 1.165) is 31.2 Å². The molecule has 0 bridgehead atoms. The van der Waals surface area contributed by atoms with Crippen molar-refractivity contribution in [1.82, 2.24) is 0 Å². The van der Waals surface area contributed by atoms with Crippen molar-refractivity contribution in [2.45, 2.75) is 37.7 Å². The van der Waals surface area contributed by atoms with Gasteiger partial charge in [0.25, 0.3) is 0 Å². The summed E-state index contributed by atoms with van der Waals surface area (Å²) >= 11 is 0. The maximum Gasteiger partial charge on any atom is 0.123 e. The second-order valence-corrected chi connectivity index (χ2v) is 3.97. The van der Waals surface area contributed by atoms with Crippen molar-refractivity contribution in [3.8, 4) is 0 Å². The zero-order valence-electron chi connectivity index (χ0n) is 8.04. The van der Waals surface area contributed by atoms with Gasteiger partial charge in [0, 0.05) is 0 Å². The normalized spacial score (nSPS) is 27.6. The Balaban J connectivity index is 2.08. The first-order valence-electron chi connectivity index (χ1n) is 5.11. The Bertz CT molecular complexity index is 303. The highest BCUT2D eigenvalue weighted by Crippen LogP contribution is 2.32. The van der Waals surface area contributed by atoms with Gasteiger partial charge in [-0.2, -0.15) is 0 Å². The summed E-state index contributed by atoms with van der Waals surface area (Å²) < 4.78 is 12.9. The van der Waals surface area contributed by atoms with Gasteiger partial charge in [0.15, 0.2) is 0 Å². The summed E-state index contributed by atoms with van der Waals surface area (Å²) in [6.45, 7) is 0. The lowest BCUT2D eigenvalue weighted by molar-refractivity contribution is 0.122. The molecule has 1 saturated carbocycles. The quantitative estimate of drug-likeness (QED) is 0.727. The van der Waals surface area contributed by atoms with Crippen LogP contribution in [-0.2, 0) is 0 Å². The molecule has 1 aliphatic carbocycles. The minimum absolute atomic E-state index is 0.153. The van der Waals surface area contributed by atoms with Gasteiger partial charge in [0.2, 0.25) is 0 Å². The Morgan fingerprint density at radius 1 is 1.29 bits per heavy atom. The first-order chi connectivity index (χ1) is 6.75. The summed E-state index contributed by atoms with van der Waals surface area (Å²) in [6.07, 6.45) is 3.39. The molecule has 0 atom stereocenters. The van der Waals surface area contributed by atoms with E-state index in [0.29, 0.717) is 5.92 Å². The van der Waals surface area contributed by atoms with Gasteiger partial charge in [0.1, 0.15) is 5.82 Å². The molecule has 75 valence electrons. The van der Waals surface area contributed by atoms with Crippen LogP contribution in [0.5, 0.6) is 0 Å². The van der Waals surface area contributed by atoms with Gasteiger partial charge >= 0.3 is 0 Å². The third-order valence-corrected chi connectivity index (χ3v) is 2.92. The highest BCUT2D eigenvalue weighted by molar-refractivity contribution is 5.19. The minimum atomic E-state index is -0.190. The highest BCUT2D eigenvalue weighted by Gasteiger charge is 2.20. The van der Waals surface area contributed by atoms with Crippen LogP contribution in [0.2, 0.25) is 0 Å². The van der Waals surface area contributed by atoms with E-state index in [9.17, 15) is 9.50 Å². The molecule has 2 heteroatoms. The molecule has 1 aromatic rings. The lowest BCUT2D eigenvalue weighted by atomic mass is 9.83. The third-order valence-electron chi connectivity index (χ3n) is 2.92. The van der Waals surface area contributed by atoms with E-state index in [1.807, 2.05) is 0 Å². The summed E-state index contributed by atoms with van der Waals surface area (Å²) in [7, 11) is 0. The number of benzene rings is 1. The average molecular weight is 193 g/mol. The zero-order chi connectivity index (χ0) is 9.97. The average Bonchev–Trinajstić information content (AvgIpc) is 2.19.